The van der Waals surface area contributed by atoms with Crippen LogP contribution >= 0.6 is 0 Å². The Bertz CT molecular complexity index is 240. The first-order chi connectivity index (χ1) is 6.31. The number of aliphatic hydroxyl groups excluding tert-OH is 1. The van der Waals surface area contributed by atoms with Crippen LogP contribution in [0.5, 0.6) is 0 Å². The second-order valence-electron chi connectivity index (χ2n) is 4.19. The molecule has 0 radical (unpaired) electrons. The van der Waals surface area contributed by atoms with Crippen molar-refractivity contribution >= 4 is 0 Å². The molecule has 3 unspecified atom stereocenters. The van der Waals surface area contributed by atoms with Gasteiger partial charge in [0.25, 0.3) is 0 Å². The lowest BCUT2D eigenvalue weighted by molar-refractivity contribution is 0.125. The summed E-state index contributed by atoms with van der Waals surface area (Å²) >= 11 is 0. The molecule has 2 rings (SSSR count). The van der Waals surface area contributed by atoms with Gasteiger partial charge in [-0.05, 0) is 25.7 Å². The quantitative estimate of drug-likeness (QED) is 0.599. The molecule has 1 saturated carbocycles. The normalized spacial score (nSPS) is 38.5. The molecule has 1 aliphatic carbocycles. The van der Waals surface area contributed by atoms with Crippen molar-refractivity contribution in [2.75, 3.05) is 19.6 Å². The summed E-state index contributed by atoms with van der Waals surface area (Å²) < 4.78 is 0. The predicted octanol–water partition coefficient (Wildman–Crippen LogP) is 0.712. The number of likely N-dealkylation sites (tertiary alicyclic amines) is 1. The van der Waals surface area contributed by atoms with Gasteiger partial charge in [0.05, 0.1) is 12.6 Å². The Hall–Kier alpha value is -0.520. The molecule has 0 spiro atoms. The Morgan fingerprint density at radius 3 is 2.92 bits per heavy atom. The molecule has 2 aliphatic rings. The van der Waals surface area contributed by atoms with Crippen LogP contribution in [0.1, 0.15) is 19.8 Å². The molecule has 1 aliphatic heterocycles. The lowest BCUT2D eigenvalue weighted by atomic mass is 10.00. The zero-order valence-electron chi connectivity index (χ0n) is 8.16. The van der Waals surface area contributed by atoms with Gasteiger partial charge in [0, 0.05) is 19.0 Å². The average molecular weight is 179 g/mol. The van der Waals surface area contributed by atoms with E-state index in [-0.39, 0.29) is 6.10 Å². The maximum Gasteiger partial charge on any atom is 0.0601 e. The highest BCUT2D eigenvalue weighted by atomic mass is 16.3. The molecule has 1 saturated heterocycles. The largest absolute Gasteiger partial charge is 0.393 e. The Kier molecular flexibility index (Phi) is 2.57. The van der Waals surface area contributed by atoms with Crippen molar-refractivity contribution in [2.24, 2.45) is 11.8 Å². The van der Waals surface area contributed by atoms with Crippen molar-refractivity contribution in [3.05, 3.63) is 0 Å². The first-order valence-corrected chi connectivity index (χ1v) is 5.11. The number of nitrogens with zero attached hydrogens (tertiary/aromatic N) is 1. The fourth-order valence-electron chi connectivity index (χ4n) is 2.65. The fourth-order valence-corrected chi connectivity index (χ4v) is 2.65. The summed E-state index contributed by atoms with van der Waals surface area (Å²) in [5, 5.41) is 9.68. The highest BCUT2D eigenvalue weighted by Crippen LogP contribution is 2.37. The van der Waals surface area contributed by atoms with Gasteiger partial charge >= 0.3 is 0 Å². The van der Waals surface area contributed by atoms with Crippen molar-refractivity contribution in [1.82, 2.24) is 4.90 Å². The van der Waals surface area contributed by atoms with E-state index < -0.39 is 0 Å². The minimum Gasteiger partial charge on any atom is -0.393 e. The lowest BCUT2D eigenvalue weighted by Crippen LogP contribution is -2.25. The van der Waals surface area contributed by atoms with E-state index in [1.165, 1.54) is 6.42 Å². The molecule has 2 nitrogen and oxygen atoms in total. The van der Waals surface area contributed by atoms with E-state index in [2.05, 4.69) is 16.7 Å². The standard InChI is InChI=1S/C11H17NO/c1-2-3-6-12-7-9-4-5-11(13)10(9)8-12/h9-11,13H,4-8H2,1H3. The van der Waals surface area contributed by atoms with Gasteiger partial charge in [-0.15, -0.1) is 5.92 Å². The van der Waals surface area contributed by atoms with Gasteiger partial charge in [-0.25, -0.2) is 0 Å². The van der Waals surface area contributed by atoms with E-state index in [1.54, 1.807) is 0 Å². The topological polar surface area (TPSA) is 23.5 Å². The highest BCUT2D eigenvalue weighted by Gasteiger charge is 2.41. The van der Waals surface area contributed by atoms with Gasteiger partial charge in [0.2, 0.25) is 0 Å². The summed E-state index contributed by atoms with van der Waals surface area (Å²) in [6.45, 7) is 4.97. The van der Waals surface area contributed by atoms with Crippen LogP contribution in [0.15, 0.2) is 0 Å². The second-order valence-corrected chi connectivity index (χ2v) is 4.19. The second kappa shape index (κ2) is 3.69. The van der Waals surface area contributed by atoms with Crippen LogP contribution < -0.4 is 0 Å². The van der Waals surface area contributed by atoms with Crippen molar-refractivity contribution < 1.29 is 5.11 Å². The third-order valence-corrected chi connectivity index (χ3v) is 3.37. The molecule has 0 amide bonds. The molecule has 3 atom stereocenters. The van der Waals surface area contributed by atoms with Gasteiger partial charge in [-0.1, -0.05) is 5.92 Å². The van der Waals surface area contributed by atoms with Crippen molar-refractivity contribution in [2.45, 2.75) is 25.9 Å². The van der Waals surface area contributed by atoms with E-state index in [9.17, 15) is 5.11 Å². The van der Waals surface area contributed by atoms with Gasteiger partial charge in [0.15, 0.2) is 0 Å². The average Bonchev–Trinajstić information content (AvgIpc) is 2.65. The minimum absolute atomic E-state index is 0.0374. The van der Waals surface area contributed by atoms with E-state index in [0.717, 1.165) is 32.0 Å². The molecule has 0 aromatic heterocycles. The van der Waals surface area contributed by atoms with E-state index in [1.807, 2.05) is 6.92 Å². The van der Waals surface area contributed by atoms with Crippen LogP contribution in [-0.4, -0.2) is 35.7 Å². The van der Waals surface area contributed by atoms with Crippen molar-refractivity contribution in [3.63, 3.8) is 0 Å². The summed E-state index contributed by atoms with van der Waals surface area (Å²) in [6.07, 6.45) is 2.19. The first-order valence-electron chi connectivity index (χ1n) is 5.11. The summed E-state index contributed by atoms with van der Waals surface area (Å²) in [4.78, 5) is 2.37. The Labute approximate surface area is 79.9 Å². The van der Waals surface area contributed by atoms with Crippen LogP contribution in [0.25, 0.3) is 0 Å². The Morgan fingerprint density at radius 2 is 2.23 bits per heavy atom. The van der Waals surface area contributed by atoms with Crippen LogP contribution in [-0.2, 0) is 0 Å². The van der Waals surface area contributed by atoms with Crippen LogP contribution in [0, 0.1) is 23.7 Å². The van der Waals surface area contributed by atoms with Gasteiger partial charge in [0.1, 0.15) is 0 Å². The highest BCUT2D eigenvalue weighted by molar-refractivity contribution is 5.01. The Balaban J connectivity index is 1.90. The lowest BCUT2D eigenvalue weighted by Gasteiger charge is -2.14. The molecule has 0 aromatic carbocycles. The summed E-state index contributed by atoms with van der Waals surface area (Å²) in [6, 6.07) is 0. The molecule has 72 valence electrons. The van der Waals surface area contributed by atoms with E-state index in [4.69, 9.17) is 0 Å². The first kappa shape index (κ1) is 9.05. The van der Waals surface area contributed by atoms with Crippen LogP contribution in [0.2, 0.25) is 0 Å². The maximum absolute atomic E-state index is 9.68. The smallest absolute Gasteiger partial charge is 0.0601 e. The third-order valence-electron chi connectivity index (χ3n) is 3.37. The Morgan fingerprint density at radius 1 is 1.38 bits per heavy atom. The number of fused-ring (bicyclic) bond motifs is 1. The summed E-state index contributed by atoms with van der Waals surface area (Å²) in [5.74, 6) is 7.29. The number of hydrogen-bond donors (Lipinski definition) is 1. The minimum atomic E-state index is -0.0374. The third kappa shape index (κ3) is 1.72. The molecular weight excluding hydrogens is 162 g/mol. The molecule has 2 heteroatoms. The van der Waals surface area contributed by atoms with Crippen molar-refractivity contribution in [3.8, 4) is 11.8 Å². The number of aliphatic hydroxyl groups is 1. The monoisotopic (exact) mass is 179 g/mol. The molecule has 2 fully saturated rings. The molecule has 13 heavy (non-hydrogen) atoms. The molecular formula is C11H17NO. The maximum atomic E-state index is 9.68. The number of rotatable bonds is 1. The van der Waals surface area contributed by atoms with E-state index >= 15 is 0 Å². The zero-order valence-corrected chi connectivity index (χ0v) is 8.16. The molecule has 1 heterocycles. The van der Waals surface area contributed by atoms with Crippen molar-refractivity contribution in [1.29, 1.82) is 0 Å². The number of hydrogen-bond acceptors (Lipinski definition) is 2. The van der Waals surface area contributed by atoms with Crippen LogP contribution in [0.4, 0.5) is 0 Å². The van der Waals surface area contributed by atoms with Gasteiger partial charge in [-0.3, -0.25) is 4.90 Å². The predicted molar refractivity (Wildman–Crippen MR) is 52.1 cm³/mol. The summed E-state index contributed by atoms with van der Waals surface area (Å²) in [5.41, 5.74) is 0. The van der Waals surface area contributed by atoms with Gasteiger partial charge in [-0.2, -0.15) is 0 Å². The fraction of sp³-hybridized carbons (Fsp3) is 0.818. The van der Waals surface area contributed by atoms with Gasteiger partial charge < -0.3 is 5.11 Å². The SMILES string of the molecule is CC#CCN1CC2CCC(O)C2C1. The molecule has 0 bridgehead atoms. The molecule has 1 N–H and O–H groups in total. The summed E-state index contributed by atoms with van der Waals surface area (Å²) in [7, 11) is 0. The van der Waals surface area contributed by atoms with E-state index in [0.29, 0.717) is 5.92 Å². The molecule has 0 aromatic rings. The zero-order chi connectivity index (χ0) is 9.26. The van der Waals surface area contributed by atoms with Crippen LogP contribution in [0.3, 0.4) is 0 Å².